The lowest BCUT2D eigenvalue weighted by atomic mass is 9.78. The summed E-state index contributed by atoms with van der Waals surface area (Å²) in [7, 11) is 0. The third-order valence-corrected chi connectivity index (χ3v) is 8.91. The van der Waals surface area contributed by atoms with Crippen LogP contribution in [0.4, 0.5) is 0 Å². The van der Waals surface area contributed by atoms with E-state index in [1.54, 1.807) is 49.1 Å². The number of rotatable bonds is 9. The Balaban J connectivity index is 1.77. The Morgan fingerprint density at radius 1 is 0.978 bits per heavy atom. The van der Waals surface area contributed by atoms with E-state index in [1.165, 1.54) is 18.2 Å². The third-order valence-electron chi connectivity index (χ3n) is 7.64. The fourth-order valence-electron chi connectivity index (χ4n) is 5.36. The quantitative estimate of drug-likeness (QED) is 0.197. The van der Waals surface area contributed by atoms with Gasteiger partial charge in [0.2, 0.25) is 11.8 Å². The van der Waals surface area contributed by atoms with E-state index in [-0.39, 0.29) is 68.2 Å². The van der Waals surface area contributed by atoms with Crippen LogP contribution in [-0.4, -0.2) is 72.6 Å². The first-order chi connectivity index (χ1) is 21.2. The van der Waals surface area contributed by atoms with Gasteiger partial charge in [0, 0.05) is 40.4 Å². The van der Waals surface area contributed by atoms with Gasteiger partial charge in [-0.25, -0.2) is 13.8 Å². The molecule has 0 bridgehead atoms. The van der Waals surface area contributed by atoms with Crippen molar-refractivity contribution in [2.45, 2.75) is 50.6 Å². The van der Waals surface area contributed by atoms with Crippen molar-refractivity contribution in [3.8, 4) is 0 Å². The van der Waals surface area contributed by atoms with E-state index in [4.69, 9.17) is 28.9 Å². The number of nitrogens with zero attached hydrogens (tertiary/aromatic N) is 1. The van der Waals surface area contributed by atoms with Crippen LogP contribution in [0.2, 0.25) is 10.0 Å². The second kappa shape index (κ2) is 14.0. The van der Waals surface area contributed by atoms with Gasteiger partial charge in [-0.2, -0.15) is 0 Å². The maximum absolute atomic E-state index is 13.6. The van der Waals surface area contributed by atoms with E-state index in [1.807, 2.05) is 0 Å². The van der Waals surface area contributed by atoms with Gasteiger partial charge in [0.15, 0.2) is 0 Å². The number of nitrogens with one attached hydrogen (secondary N) is 2. The predicted molar refractivity (Wildman–Crippen MR) is 171 cm³/mol. The molecule has 2 heterocycles. The van der Waals surface area contributed by atoms with Gasteiger partial charge in [0.05, 0.1) is 50.8 Å². The lowest BCUT2D eigenvalue weighted by molar-refractivity contribution is -0.133. The first-order valence-electron chi connectivity index (χ1n) is 14.0. The van der Waals surface area contributed by atoms with Crippen LogP contribution in [0.3, 0.4) is 0 Å². The van der Waals surface area contributed by atoms with Crippen LogP contribution in [0, 0.1) is 0 Å². The number of likely N-dealkylation sites (tertiary alicyclic amines) is 1. The summed E-state index contributed by atoms with van der Waals surface area (Å²) in [5.74, 6) is -5.28. The van der Waals surface area contributed by atoms with Crippen LogP contribution in [0.15, 0.2) is 71.1 Å². The van der Waals surface area contributed by atoms with E-state index in [0.29, 0.717) is 18.4 Å². The first-order valence-corrected chi connectivity index (χ1v) is 15.5. The molecule has 0 radical (unpaired) electrons. The van der Waals surface area contributed by atoms with Crippen LogP contribution in [0.5, 0.6) is 0 Å². The minimum absolute atomic E-state index is 0.0118. The number of nitrogens with two attached hydrogens (primary N) is 1. The van der Waals surface area contributed by atoms with E-state index in [2.05, 4.69) is 10.6 Å². The Hall–Kier alpha value is -3.97. The van der Waals surface area contributed by atoms with E-state index in [9.17, 15) is 33.6 Å². The highest BCUT2D eigenvalue weighted by Crippen LogP contribution is 2.45. The smallest absolute Gasteiger partial charge is 0.334 e. The van der Waals surface area contributed by atoms with Crippen molar-refractivity contribution in [1.82, 2.24) is 15.5 Å². The van der Waals surface area contributed by atoms with Crippen LogP contribution < -0.4 is 16.4 Å². The van der Waals surface area contributed by atoms with Gasteiger partial charge in [0.25, 0.3) is 0 Å². The summed E-state index contributed by atoms with van der Waals surface area (Å²) in [4.78, 5) is 53.3. The van der Waals surface area contributed by atoms with Crippen molar-refractivity contribution >= 4 is 63.1 Å². The summed E-state index contributed by atoms with van der Waals surface area (Å²) in [5.41, 5.74) is 4.07. The number of amides is 2. The van der Waals surface area contributed by atoms with Crippen LogP contribution in [-0.2, 0) is 30.4 Å². The largest absolute Gasteiger partial charge is 0.478 e. The standard InChI is InChI=1S/C31H32Cl2N4O7S/c1-31(2,34)30(43)35-17-11-13-37(14-12-17)21(38)15-20-23(28(39)40)24(22-18(32)9-6-10-19(22)33)25(29(41)42)26(36-20)27(45-44)16-7-4-3-5-8-16/h3-10,17,24,36H,11-15,34H2,1-2H3,(H,35,43)(H,39,40)(H,41,42). The van der Waals surface area contributed by atoms with Crippen LogP contribution in [0.1, 0.15) is 50.2 Å². The molecule has 2 aliphatic rings. The van der Waals surface area contributed by atoms with Gasteiger partial charge in [0.1, 0.15) is 0 Å². The molecule has 1 atom stereocenters. The van der Waals surface area contributed by atoms with Gasteiger partial charge in [-0.3, -0.25) is 9.59 Å². The highest BCUT2D eigenvalue weighted by atomic mass is 35.5. The van der Waals surface area contributed by atoms with Crippen molar-refractivity contribution in [1.29, 1.82) is 0 Å². The molecule has 6 N–H and O–H groups in total. The number of benzene rings is 2. The van der Waals surface area contributed by atoms with E-state index in [0.717, 1.165) is 0 Å². The van der Waals surface area contributed by atoms with Gasteiger partial charge in [-0.1, -0.05) is 59.6 Å². The number of dihydropyridines is 1. The molecule has 14 heteroatoms. The summed E-state index contributed by atoms with van der Waals surface area (Å²) >= 11 is 13.1. The predicted octanol–water partition coefficient (Wildman–Crippen LogP) is 3.03. The molecular weight excluding hydrogens is 643 g/mol. The van der Waals surface area contributed by atoms with Gasteiger partial charge >= 0.3 is 11.9 Å². The lowest BCUT2D eigenvalue weighted by Gasteiger charge is -2.35. The minimum Gasteiger partial charge on any atom is -0.478 e. The summed E-state index contributed by atoms with van der Waals surface area (Å²) in [6, 6.07) is 12.5. The van der Waals surface area contributed by atoms with Crippen molar-refractivity contribution in [2.24, 2.45) is 5.73 Å². The molecular formula is C31H32Cl2N4O7S. The van der Waals surface area contributed by atoms with Crippen LogP contribution in [0.25, 0.3) is 0 Å². The Kier molecular flexibility index (Phi) is 10.5. The average molecular weight is 676 g/mol. The fraction of sp³-hybridized carbons (Fsp3) is 0.323. The SMILES string of the molecule is CC(C)(N)C(=O)NC1CCN(C(=O)CC2=C(C(=O)O)C(c3c(Cl)cccc3Cl)C(C(=O)O)=C(C(=S=O)c3ccccc3)N2)CC1. The summed E-state index contributed by atoms with van der Waals surface area (Å²) in [6.07, 6.45) is 0.461. The molecule has 0 spiro atoms. The Morgan fingerprint density at radius 2 is 1.56 bits per heavy atom. The maximum atomic E-state index is 13.6. The Bertz CT molecular complexity index is 1640. The number of hydrogen-bond acceptors (Lipinski definition) is 7. The number of allylic oxidation sites excluding steroid dienone is 1. The average Bonchev–Trinajstić information content (AvgIpc) is 2.97. The fourth-order valence-corrected chi connectivity index (χ4v) is 6.45. The van der Waals surface area contributed by atoms with Gasteiger partial charge in [-0.15, -0.1) is 0 Å². The third kappa shape index (κ3) is 7.47. The molecule has 45 heavy (non-hydrogen) atoms. The number of aliphatic carboxylic acids is 2. The van der Waals surface area contributed by atoms with Crippen molar-refractivity contribution in [3.63, 3.8) is 0 Å². The molecule has 238 valence electrons. The summed E-state index contributed by atoms with van der Waals surface area (Å²) < 4.78 is 12.6. The number of hydrogen-bond donors (Lipinski definition) is 5. The highest BCUT2D eigenvalue weighted by Gasteiger charge is 2.42. The highest BCUT2D eigenvalue weighted by molar-refractivity contribution is 7.67. The number of piperidine rings is 1. The second-order valence-corrected chi connectivity index (χ2v) is 12.7. The zero-order valence-electron chi connectivity index (χ0n) is 24.4. The monoisotopic (exact) mass is 674 g/mol. The number of carbonyl (C=O) groups excluding carboxylic acids is 2. The molecule has 2 aliphatic heterocycles. The zero-order chi connectivity index (χ0) is 33.1. The minimum atomic E-state index is -1.54. The van der Waals surface area contributed by atoms with Crippen molar-refractivity contribution < 1.29 is 33.6 Å². The molecule has 0 aromatic heterocycles. The zero-order valence-corrected chi connectivity index (χ0v) is 26.8. The van der Waals surface area contributed by atoms with Gasteiger partial charge in [-0.05, 0) is 44.4 Å². The number of carboxylic acids is 2. The lowest BCUT2D eigenvalue weighted by Crippen LogP contribution is -2.54. The van der Waals surface area contributed by atoms with Crippen molar-refractivity contribution in [2.75, 3.05) is 13.1 Å². The first kappa shape index (κ1) is 33.9. The Morgan fingerprint density at radius 3 is 2.07 bits per heavy atom. The number of carboxylic acid groups (broad SMARTS) is 2. The number of halogens is 2. The second-order valence-electron chi connectivity index (χ2n) is 11.3. The summed E-state index contributed by atoms with van der Waals surface area (Å²) in [5, 5.41) is 26.7. The Labute approximate surface area is 273 Å². The molecule has 2 amide bonds. The normalized spacial score (nSPS) is 17.4. The molecule has 2 aromatic carbocycles. The molecule has 1 saturated heterocycles. The number of carbonyl (C=O) groups is 4. The molecule has 11 nitrogen and oxygen atoms in total. The molecule has 0 saturated carbocycles. The van der Waals surface area contributed by atoms with Crippen molar-refractivity contribution in [3.05, 3.63) is 92.2 Å². The van der Waals surface area contributed by atoms with Crippen LogP contribution >= 0.6 is 23.2 Å². The molecule has 0 aliphatic carbocycles. The molecule has 4 rings (SSSR count). The van der Waals surface area contributed by atoms with E-state index >= 15 is 0 Å². The maximum Gasteiger partial charge on any atom is 0.334 e. The molecule has 2 aromatic rings. The molecule has 1 unspecified atom stereocenters. The van der Waals surface area contributed by atoms with Gasteiger partial charge < -0.3 is 31.5 Å². The molecule has 1 fully saturated rings. The summed E-state index contributed by atoms with van der Waals surface area (Å²) in [6.45, 7) is 3.76. The topological polar surface area (TPSA) is 179 Å². The van der Waals surface area contributed by atoms with E-state index < -0.39 is 46.9 Å².